The molecule has 1 radical (unpaired) electrons. The quantitative estimate of drug-likeness (QED) is 0.463. The molecular weight excluding hydrogens is 90.1 g/mol. The van der Waals surface area contributed by atoms with Gasteiger partial charge in [0.15, 0.2) is 0 Å². The van der Waals surface area contributed by atoms with Gasteiger partial charge in [-0.2, -0.15) is 0 Å². The van der Waals surface area contributed by atoms with E-state index in [0.717, 1.165) is 13.1 Å². The lowest BCUT2D eigenvalue weighted by atomic mass is 10.7. The predicted molar refractivity (Wildman–Crippen MR) is 34.2 cm³/mol. The molecule has 39 valence electrons. The van der Waals surface area contributed by atoms with E-state index in [1.54, 1.807) is 0 Å². The molecule has 2 heteroatoms. The second-order valence-electron chi connectivity index (χ2n) is 0.957. The van der Waals surface area contributed by atoms with Crippen LogP contribution < -0.4 is 5.32 Å². The van der Waals surface area contributed by atoms with Crippen molar-refractivity contribution in [3.8, 4) is 0 Å². The maximum absolute atomic E-state index is 3.11. The van der Waals surface area contributed by atoms with E-state index in [1.807, 2.05) is 0 Å². The SMILES string of the molecule is CCNCC.[SiH3]. The van der Waals surface area contributed by atoms with Gasteiger partial charge in [0.2, 0.25) is 0 Å². The van der Waals surface area contributed by atoms with Crippen molar-refractivity contribution >= 4 is 11.0 Å². The Hall–Kier alpha value is 0.177. The van der Waals surface area contributed by atoms with Crippen LogP contribution in [0, 0.1) is 0 Å². The monoisotopic (exact) mass is 104 g/mol. The van der Waals surface area contributed by atoms with Crippen LogP contribution in [-0.4, -0.2) is 24.1 Å². The van der Waals surface area contributed by atoms with Gasteiger partial charge in [0.25, 0.3) is 0 Å². The molecule has 0 fully saturated rings. The minimum atomic E-state index is 0. The van der Waals surface area contributed by atoms with Gasteiger partial charge in [-0.15, -0.1) is 0 Å². The smallest absolute Gasteiger partial charge is 0.00775 e. The molecule has 0 aliphatic heterocycles. The molecule has 0 rings (SSSR count). The van der Waals surface area contributed by atoms with Gasteiger partial charge in [-0.1, -0.05) is 13.8 Å². The summed E-state index contributed by atoms with van der Waals surface area (Å²) in [6.45, 7) is 6.39. The highest BCUT2D eigenvalue weighted by Crippen LogP contribution is 1.47. The number of hydrogen-bond donors (Lipinski definition) is 1. The molecule has 0 unspecified atom stereocenters. The fourth-order valence-corrected chi connectivity index (χ4v) is 0.250. The molecule has 0 aromatic heterocycles. The lowest BCUT2D eigenvalue weighted by molar-refractivity contribution is 0.762. The van der Waals surface area contributed by atoms with Crippen molar-refractivity contribution in [3.05, 3.63) is 0 Å². The van der Waals surface area contributed by atoms with Crippen LogP contribution in [0.2, 0.25) is 0 Å². The van der Waals surface area contributed by atoms with E-state index in [-0.39, 0.29) is 11.0 Å². The lowest BCUT2D eigenvalue weighted by Gasteiger charge is -1.86. The van der Waals surface area contributed by atoms with Gasteiger partial charge in [-0.25, -0.2) is 0 Å². The minimum absolute atomic E-state index is 0. The van der Waals surface area contributed by atoms with E-state index in [1.165, 1.54) is 0 Å². The summed E-state index contributed by atoms with van der Waals surface area (Å²) >= 11 is 0. The number of nitrogens with one attached hydrogen (secondary N) is 1. The fourth-order valence-electron chi connectivity index (χ4n) is 0.250. The molecule has 0 saturated carbocycles. The highest BCUT2D eigenvalue weighted by Gasteiger charge is 1.62. The van der Waals surface area contributed by atoms with E-state index in [0.29, 0.717) is 0 Å². The van der Waals surface area contributed by atoms with Gasteiger partial charge >= 0.3 is 0 Å². The molecule has 0 aliphatic rings. The van der Waals surface area contributed by atoms with Gasteiger partial charge in [-0.05, 0) is 24.1 Å². The Labute approximate surface area is 44.2 Å². The average molecular weight is 104 g/mol. The van der Waals surface area contributed by atoms with Gasteiger partial charge < -0.3 is 5.32 Å². The summed E-state index contributed by atoms with van der Waals surface area (Å²) in [5.74, 6) is 0. The normalized spacial score (nSPS) is 7.00. The minimum Gasteiger partial charge on any atom is -0.317 e. The zero-order valence-electron chi connectivity index (χ0n) is 4.91. The molecule has 1 N–H and O–H groups in total. The van der Waals surface area contributed by atoms with E-state index in [4.69, 9.17) is 0 Å². The van der Waals surface area contributed by atoms with Crippen LogP contribution in [0.25, 0.3) is 0 Å². The van der Waals surface area contributed by atoms with Crippen LogP contribution in [0.15, 0.2) is 0 Å². The third-order valence-electron chi connectivity index (χ3n) is 0.500. The maximum Gasteiger partial charge on any atom is -0.00775 e. The largest absolute Gasteiger partial charge is 0.317 e. The summed E-state index contributed by atoms with van der Waals surface area (Å²) in [7, 11) is 0. The second kappa shape index (κ2) is 8.95. The first-order valence-electron chi connectivity index (χ1n) is 2.12. The molecule has 0 heterocycles. The Bertz CT molecular complexity index is 15.0. The zero-order chi connectivity index (χ0) is 4.12. The summed E-state index contributed by atoms with van der Waals surface area (Å²) in [6, 6.07) is 0. The molecular formula is C4H14NSi. The lowest BCUT2D eigenvalue weighted by Crippen LogP contribution is -2.09. The van der Waals surface area contributed by atoms with Crippen molar-refractivity contribution in [2.45, 2.75) is 13.8 Å². The topological polar surface area (TPSA) is 12.0 Å². The van der Waals surface area contributed by atoms with Crippen LogP contribution in [0.5, 0.6) is 0 Å². The first-order chi connectivity index (χ1) is 2.41. The maximum atomic E-state index is 3.11. The van der Waals surface area contributed by atoms with Crippen LogP contribution in [0.4, 0.5) is 0 Å². The highest BCUT2D eigenvalue weighted by atomic mass is 28.1. The molecule has 0 aliphatic carbocycles. The van der Waals surface area contributed by atoms with Gasteiger partial charge in [0.05, 0.1) is 0 Å². The van der Waals surface area contributed by atoms with Crippen LogP contribution in [0.1, 0.15) is 13.8 Å². The molecule has 0 aromatic rings. The molecule has 0 aromatic carbocycles. The number of rotatable bonds is 2. The van der Waals surface area contributed by atoms with Crippen molar-refractivity contribution in [1.29, 1.82) is 0 Å². The molecule has 0 atom stereocenters. The number of hydrogen-bond acceptors (Lipinski definition) is 1. The van der Waals surface area contributed by atoms with E-state index in [9.17, 15) is 0 Å². The van der Waals surface area contributed by atoms with Crippen molar-refractivity contribution in [3.63, 3.8) is 0 Å². The second-order valence-corrected chi connectivity index (χ2v) is 0.957. The van der Waals surface area contributed by atoms with E-state index >= 15 is 0 Å². The van der Waals surface area contributed by atoms with Crippen LogP contribution in [0.3, 0.4) is 0 Å². The molecule has 1 nitrogen and oxygen atoms in total. The molecule has 0 bridgehead atoms. The Balaban J connectivity index is 0. The fraction of sp³-hybridized carbons (Fsp3) is 1.00. The first kappa shape index (κ1) is 9.49. The standard InChI is InChI=1S/C4H11N.H3Si/c1-3-5-4-2;/h5H,3-4H2,1-2H3;1H3. The third kappa shape index (κ3) is 8.90. The van der Waals surface area contributed by atoms with Gasteiger partial charge in [0.1, 0.15) is 0 Å². The predicted octanol–water partition coefficient (Wildman–Crippen LogP) is -0.568. The summed E-state index contributed by atoms with van der Waals surface area (Å²) in [6.07, 6.45) is 0. The Morgan fingerprint density at radius 3 is 1.50 bits per heavy atom. The molecule has 0 saturated heterocycles. The van der Waals surface area contributed by atoms with Crippen LogP contribution >= 0.6 is 0 Å². The molecule has 0 amide bonds. The summed E-state index contributed by atoms with van der Waals surface area (Å²) in [5, 5.41) is 3.11. The highest BCUT2D eigenvalue weighted by molar-refractivity contribution is 5.75. The summed E-state index contributed by atoms with van der Waals surface area (Å²) in [5.41, 5.74) is 0. The summed E-state index contributed by atoms with van der Waals surface area (Å²) < 4.78 is 0. The molecule has 0 spiro atoms. The van der Waals surface area contributed by atoms with Crippen molar-refractivity contribution in [2.75, 3.05) is 13.1 Å². The van der Waals surface area contributed by atoms with Gasteiger partial charge in [-0.3, -0.25) is 0 Å². The Kier molecular flexibility index (Phi) is 14.2. The molecule has 6 heavy (non-hydrogen) atoms. The Morgan fingerprint density at radius 2 is 1.50 bits per heavy atom. The summed E-state index contributed by atoms with van der Waals surface area (Å²) in [4.78, 5) is 0. The first-order valence-corrected chi connectivity index (χ1v) is 2.12. The third-order valence-corrected chi connectivity index (χ3v) is 0.500. The van der Waals surface area contributed by atoms with Gasteiger partial charge in [0, 0.05) is 0 Å². The van der Waals surface area contributed by atoms with E-state index in [2.05, 4.69) is 19.2 Å². The zero-order valence-corrected chi connectivity index (χ0v) is 6.91. The van der Waals surface area contributed by atoms with E-state index < -0.39 is 0 Å². The Morgan fingerprint density at radius 1 is 1.17 bits per heavy atom. The van der Waals surface area contributed by atoms with Crippen LogP contribution in [-0.2, 0) is 0 Å². The van der Waals surface area contributed by atoms with Crippen molar-refractivity contribution in [1.82, 2.24) is 5.32 Å². The van der Waals surface area contributed by atoms with Crippen molar-refractivity contribution in [2.24, 2.45) is 0 Å². The van der Waals surface area contributed by atoms with Crippen molar-refractivity contribution < 1.29 is 0 Å². The average Bonchev–Trinajstić information content (AvgIpc) is 1.41.